The number of rotatable bonds is 6. The van der Waals surface area contributed by atoms with E-state index in [2.05, 4.69) is 15.5 Å². The number of hydrogen-bond acceptors (Lipinski definition) is 7. The van der Waals surface area contributed by atoms with Crippen molar-refractivity contribution >= 4 is 45.7 Å². The molecule has 0 radical (unpaired) electrons. The summed E-state index contributed by atoms with van der Waals surface area (Å²) in [6, 6.07) is 9.76. The Morgan fingerprint density at radius 2 is 1.86 bits per heavy atom. The van der Waals surface area contributed by atoms with E-state index in [1.165, 1.54) is 28.0 Å². The van der Waals surface area contributed by atoms with Crippen molar-refractivity contribution in [3.05, 3.63) is 30.3 Å². The number of nitrogens with one attached hydrogen (secondary N) is 1. The van der Waals surface area contributed by atoms with Crippen LogP contribution in [-0.2, 0) is 9.59 Å². The van der Waals surface area contributed by atoms with Gasteiger partial charge in [-0.25, -0.2) is 0 Å². The van der Waals surface area contributed by atoms with Gasteiger partial charge >= 0.3 is 0 Å². The average molecular weight is 334 g/mol. The highest BCUT2D eigenvalue weighted by Gasteiger charge is 2.28. The molecular weight excluding hydrogens is 320 g/mol. The Hall–Kier alpha value is -1.93. The summed E-state index contributed by atoms with van der Waals surface area (Å²) in [5.74, 6) is 0.487. The van der Waals surface area contributed by atoms with E-state index in [0.717, 1.165) is 15.2 Å². The third-order valence-electron chi connectivity index (χ3n) is 3.13. The van der Waals surface area contributed by atoms with Crippen LogP contribution >= 0.6 is 23.1 Å². The zero-order valence-corrected chi connectivity index (χ0v) is 13.3. The Kier molecular flexibility index (Phi) is 4.69. The van der Waals surface area contributed by atoms with E-state index in [4.69, 9.17) is 0 Å². The second-order valence-electron chi connectivity index (χ2n) is 4.65. The third kappa shape index (κ3) is 3.63. The van der Waals surface area contributed by atoms with Crippen LogP contribution < -0.4 is 5.32 Å². The fraction of sp³-hybridized carbons (Fsp3) is 0.286. The van der Waals surface area contributed by atoms with Crippen molar-refractivity contribution in [1.82, 2.24) is 15.1 Å². The Morgan fingerprint density at radius 3 is 2.59 bits per heavy atom. The molecule has 0 bridgehead atoms. The summed E-state index contributed by atoms with van der Waals surface area (Å²) in [6.45, 7) is 0.434. The van der Waals surface area contributed by atoms with Crippen molar-refractivity contribution in [2.24, 2.45) is 0 Å². The molecule has 3 rings (SSSR count). The zero-order valence-electron chi connectivity index (χ0n) is 11.7. The lowest BCUT2D eigenvalue weighted by Crippen LogP contribution is -2.31. The monoisotopic (exact) mass is 334 g/mol. The van der Waals surface area contributed by atoms with Crippen molar-refractivity contribution in [2.75, 3.05) is 17.6 Å². The van der Waals surface area contributed by atoms with Crippen molar-refractivity contribution in [2.45, 2.75) is 17.2 Å². The maximum absolute atomic E-state index is 11.5. The zero-order chi connectivity index (χ0) is 15.4. The molecule has 0 atom stereocenters. The number of nitrogens with zero attached hydrogens (tertiary/aromatic N) is 3. The van der Waals surface area contributed by atoms with Crippen molar-refractivity contribution < 1.29 is 9.59 Å². The fourth-order valence-electron chi connectivity index (χ4n) is 2.06. The maximum Gasteiger partial charge on any atom is 0.229 e. The molecule has 1 N–H and O–H groups in total. The van der Waals surface area contributed by atoms with Crippen LogP contribution in [0, 0.1) is 0 Å². The van der Waals surface area contributed by atoms with Crippen LogP contribution in [0.25, 0.3) is 0 Å². The second-order valence-corrected chi connectivity index (χ2v) is 6.97. The van der Waals surface area contributed by atoms with Gasteiger partial charge in [-0.2, -0.15) is 0 Å². The van der Waals surface area contributed by atoms with E-state index in [9.17, 15) is 9.59 Å². The lowest BCUT2D eigenvalue weighted by molar-refractivity contribution is -0.137. The smallest absolute Gasteiger partial charge is 0.229 e. The van der Waals surface area contributed by atoms with Gasteiger partial charge in [-0.15, -0.1) is 10.2 Å². The van der Waals surface area contributed by atoms with Crippen LogP contribution in [-0.4, -0.2) is 39.2 Å². The molecule has 0 spiro atoms. The van der Waals surface area contributed by atoms with Gasteiger partial charge < -0.3 is 5.32 Å². The van der Waals surface area contributed by atoms with E-state index >= 15 is 0 Å². The van der Waals surface area contributed by atoms with Crippen LogP contribution in [0.5, 0.6) is 0 Å². The highest BCUT2D eigenvalue weighted by Crippen LogP contribution is 2.27. The van der Waals surface area contributed by atoms with E-state index in [1.54, 1.807) is 0 Å². The van der Waals surface area contributed by atoms with Gasteiger partial charge in [-0.1, -0.05) is 41.3 Å². The van der Waals surface area contributed by atoms with E-state index < -0.39 is 0 Å². The molecule has 0 unspecified atom stereocenters. The predicted molar refractivity (Wildman–Crippen MR) is 86.3 cm³/mol. The van der Waals surface area contributed by atoms with Gasteiger partial charge in [0.25, 0.3) is 0 Å². The summed E-state index contributed by atoms with van der Waals surface area (Å²) in [6.07, 6.45) is 0.681. The van der Waals surface area contributed by atoms with Crippen LogP contribution in [0.15, 0.2) is 34.7 Å². The summed E-state index contributed by atoms with van der Waals surface area (Å²) >= 11 is 2.95. The summed E-state index contributed by atoms with van der Waals surface area (Å²) < 4.78 is 0.817. The highest BCUT2D eigenvalue weighted by atomic mass is 32.2. The maximum atomic E-state index is 11.5. The number of carbonyl (C=O) groups excluding carboxylic acids is 2. The van der Waals surface area contributed by atoms with E-state index in [0.29, 0.717) is 25.1 Å². The first kappa shape index (κ1) is 15.0. The number of likely N-dealkylation sites (tertiary alicyclic amines) is 1. The lowest BCUT2D eigenvalue weighted by atomic mass is 10.3. The van der Waals surface area contributed by atoms with E-state index in [-0.39, 0.29) is 11.8 Å². The Labute approximate surface area is 135 Å². The van der Waals surface area contributed by atoms with Crippen LogP contribution in [0.4, 0.5) is 10.8 Å². The molecular formula is C14H14N4O2S2. The molecule has 1 aliphatic rings. The standard InChI is InChI=1S/C14H14N4O2S2/c19-11-6-7-12(20)18(11)8-9-21-14-17-16-13(22-14)15-10-4-2-1-3-5-10/h1-5H,6-9H2,(H,15,16). The number of imide groups is 1. The number of benzene rings is 1. The lowest BCUT2D eigenvalue weighted by Gasteiger charge is -2.11. The number of para-hydroxylation sites is 1. The van der Waals surface area contributed by atoms with Gasteiger partial charge in [0.05, 0.1) is 0 Å². The SMILES string of the molecule is O=C1CCC(=O)N1CCSc1nnc(Nc2ccccc2)s1. The predicted octanol–water partition coefficient (Wildman–Crippen LogP) is 2.52. The first-order valence-corrected chi connectivity index (χ1v) is 8.64. The highest BCUT2D eigenvalue weighted by molar-refractivity contribution is 8.01. The molecule has 114 valence electrons. The molecule has 1 aromatic heterocycles. The van der Waals surface area contributed by atoms with Crippen LogP contribution in [0.1, 0.15) is 12.8 Å². The molecule has 6 nitrogen and oxygen atoms in total. The second kappa shape index (κ2) is 6.89. The number of carbonyl (C=O) groups is 2. The number of amides is 2. The molecule has 8 heteroatoms. The molecule has 1 fully saturated rings. The number of thioether (sulfide) groups is 1. The largest absolute Gasteiger partial charge is 0.330 e. The average Bonchev–Trinajstić information content (AvgIpc) is 3.09. The molecule has 0 saturated carbocycles. The Balaban J connectivity index is 1.50. The number of hydrogen-bond donors (Lipinski definition) is 1. The fourth-order valence-corrected chi connectivity index (χ4v) is 3.83. The first-order chi connectivity index (χ1) is 10.7. The van der Waals surface area contributed by atoms with Gasteiger partial charge in [0.2, 0.25) is 16.9 Å². The Morgan fingerprint density at radius 1 is 1.14 bits per heavy atom. The molecule has 1 aliphatic heterocycles. The molecule has 1 aromatic carbocycles. The van der Waals surface area contributed by atoms with Gasteiger partial charge in [-0.05, 0) is 12.1 Å². The van der Waals surface area contributed by atoms with Crippen molar-refractivity contribution in [3.63, 3.8) is 0 Å². The number of aromatic nitrogens is 2. The summed E-state index contributed by atoms with van der Waals surface area (Å²) in [5, 5.41) is 12.1. The molecule has 2 aromatic rings. The minimum Gasteiger partial charge on any atom is -0.330 e. The van der Waals surface area contributed by atoms with Gasteiger partial charge in [0.1, 0.15) is 0 Å². The van der Waals surface area contributed by atoms with Gasteiger partial charge in [0.15, 0.2) is 4.34 Å². The minimum atomic E-state index is -0.0747. The van der Waals surface area contributed by atoms with Crippen LogP contribution in [0.3, 0.4) is 0 Å². The third-order valence-corrected chi connectivity index (χ3v) is 5.08. The summed E-state index contributed by atoms with van der Waals surface area (Å²) in [4.78, 5) is 24.3. The molecule has 2 heterocycles. The van der Waals surface area contributed by atoms with Gasteiger partial charge in [-0.3, -0.25) is 14.5 Å². The Bertz CT molecular complexity index is 658. The van der Waals surface area contributed by atoms with Crippen LogP contribution in [0.2, 0.25) is 0 Å². The topological polar surface area (TPSA) is 75.2 Å². The molecule has 22 heavy (non-hydrogen) atoms. The first-order valence-electron chi connectivity index (χ1n) is 6.84. The number of anilines is 2. The summed E-state index contributed by atoms with van der Waals surface area (Å²) in [7, 11) is 0. The molecule has 1 saturated heterocycles. The minimum absolute atomic E-state index is 0.0747. The summed E-state index contributed by atoms with van der Waals surface area (Å²) in [5.41, 5.74) is 0.962. The molecule has 0 aliphatic carbocycles. The van der Waals surface area contributed by atoms with Crippen molar-refractivity contribution in [3.8, 4) is 0 Å². The van der Waals surface area contributed by atoms with Gasteiger partial charge in [0, 0.05) is 30.8 Å². The van der Waals surface area contributed by atoms with Crippen molar-refractivity contribution in [1.29, 1.82) is 0 Å². The normalized spacial score (nSPS) is 14.6. The quantitative estimate of drug-likeness (QED) is 0.646. The molecule has 2 amide bonds. The van der Waals surface area contributed by atoms with E-state index in [1.807, 2.05) is 30.3 Å².